The van der Waals surface area contributed by atoms with E-state index in [4.69, 9.17) is 5.73 Å². The number of benzene rings is 1. The fourth-order valence-electron chi connectivity index (χ4n) is 1.22. The second-order valence-corrected chi connectivity index (χ2v) is 4.22. The zero-order valence-corrected chi connectivity index (χ0v) is 9.92. The summed E-state index contributed by atoms with van der Waals surface area (Å²) in [6, 6.07) is 10.1. The molecule has 0 radical (unpaired) electrons. The van der Waals surface area contributed by atoms with E-state index in [1.165, 1.54) is 0 Å². The number of para-hydroxylation sites is 1. The molecule has 0 aliphatic carbocycles. The summed E-state index contributed by atoms with van der Waals surface area (Å²) in [4.78, 5) is 4.32. The lowest BCUT2D eigenvalue weighted by molar-refractivity contribution is 0.847. The van der Waals surface area contributed by atoms with E-state index in [2.05, 4.69) is 23.5 Å². The van der Waals surface area contributed by atoms with Gasteiger partial charge in [-0.3, -0.25) is 0 Å². The maximum absolute atomic E-state index is 5.77. The van der Waals surface area contributed by atoms with Crippen molar-refractivity contribution in [1.29, 1.82) is 0 Å². The molecule has 0 aromatic heterocycles. The molecule has 0 saturated heterocycles. The highest BCUT2D eigenvalue weighted by molar-refractivity contribution is 7.98. The molecular formula is C11H17N3S. The molecule has 0 bridgehead atoms. The predicted octanol–water partition coefficient (Wildman–Crippen LogP) is 2.16. The molecule has 0 aliphatic heterocycles. The van der Waals surface area contributed by atoms with Crippen molar-refractivity contribution in [2.24, 2.45) is 10.7 Å². The van der Waals surface area contributed by atoms with Crippen molar-refractivity contribution in [2.75, 3.05) is 17.3 Å². The highest BCUT2D eigenvalue weighted by atomic mass is 32.2. The maximum atomic E-state index is 5.77. The summed E-state index contributed by atoms with van der Waals surface area (Å²) in [6.07, 6.45) is 2.06. The van der Waals surface area contributed by atoms with Crippen LogP contribution in [0.3, 0.4) is 0 Å². The van der Waals surface area contributed by atoms with Crippen molar-refractivity contribution < 1.29 is 0 Å². The Balaban J connectivity index is 2.51. The Kier molecular flexibility index (Phi) is 5.04. The van der Waals surface area contributed by atoms with Gasteiger partial charge in [0.05, 0.1) is 6.04 Å². The van der Waals surface area contributed by atoms with Crippen LogP contribution in [0.25, 0.3) is 0 Å². The Morgan fingerprint density at radius 1 is 1.47 bits per heavy atom. The van der Waals surface area contributed by atoms with E-state index in [9.17, 15) is 0 Å². The summed E-state index contributed by atoms with van der Waals surface area (Å²) in [7, 11) is 0. The highest BCUT2D eigenvalue weighted by Crippen LogP contribution is 2.05. The Hall–Kier alpha value is -1.16. The molecule has 0 amide bonds. The highest BCUT2D eigenvalue weighted by Gasteiger charge is 1.99. The molecule has 4 heteroatoms. The van der Waals surface area contributed by atoms with Gasteiger partial charge in [-0.1, -0.05) is 18.2 Å². The van der Waals surface area contributed by atoms with Crippen molar-refractivity contribution in [1.82, 2.24) is 0 Å². The van der Waals surface area contributed by atoms with E-state index in [0.717, 1.165) is 11.4 Å². The first-order valence-corrected chi connectivity index (χ1v) is 6.26. The minimum Gasteiger partial charge on any atom is -0.370 e. The standard InChI is InChI=1S/C11H17N3S/c1-9(8-15-2)13-11(12)14-10-6-4-3-5-7-10/h3-7,9H,8H2,1-2H3,(H3,12,13,14). The third kappa shape index (κ3) is 4.74. The molecule has 3 N–H and O–H groups in total. The number of rotatable bonds is 4. The summed E-state index contributed by atoms with van der Waals surface area (Å²) in [5.41, 5.74) is 6.73. The number of thioether (sulfide) groups is 1. The lowest BCUT2D eigenvalue weighted by atomic mass is 10.3. The summed E-state index contributed by atoms with van der Waals surface area (Å²) in [6.45, 7) is 2.05. The molecule has 0 heterocycles. The van der Waals surface area contributed by atoms with E-state index in [1.54, 1.807) is 11.8 Å². The van der Waals surface area contributed by atoms with Crippen molar-refractivity contribution in [2.45, 2.75) is 13.0 Å². The van der Waals surface area contributed by atoms with E-state index >= 15 is 0 Å². The molecule has 15 heavy (non-hydrogen) atoms. The van der Waals surface area contributed by atoms with Gasteiger partial charge in [-0.05, 0) is 25.3 Å². The second-order valence-electron chi connectivity index (χ2n) is 3.31. The molecule has 82 valence electrons. The lowest BCUT2D eigenvalue weighted by Crippen LogP contribution is -2.25. The molecule has 1 atom stereocenters. The van der Waals surface area contributed by atoms with Gasteiger partial charge in [0.25, 0.3) is 0 Å². The largest absolute Gasteiger partial charge is 0.370 e. The number of hydrogen-bond donors (Lipinski definition) is 2. The molecule has 0 fully saturated rings. The first-order valence-electron chi connectivity index (χ1n) is 4.86. The fourth-order valence-corrected chi connectivity index (χ4v) is 1.77. The van der Waals surface area contributed by atoms with Crippen LogP contribution < -0.4 is 11.1 Å². The molecule has 1 aromatic rings. The summed E-state index contributed by atoms with van der Waals surface area (Å²) in [5, 5.41) is 3.05. The summed E-state index contributed by atoms with van der Waals surface area (Å²) < 4.78 is 0. The average molecular weight is 223 g/mol. The Labute approximate surface area is 95.2 Å². The number of guanidine groups is 1. The van der Waals surface area contributed by atoms with Gasteiger partial charge < -0.3 is 11.1 Å². The molecule has 0 spiro atoms. The number of anilines is 1. The second kappa shape index (κ2) is 6.35. The van der Waals surface area contributed by atoms with Crippen LogP contribution in [0.2, 0.25) is 0 Å². The Morgan fingerprint density at radius 3 is 2.73 bits per heavy atom. The van der Waals surface area contributed by atoms with Crippen molar-refractivity contribution >= 4 is 23.4 Å². The predicted molar refractivity (Wildman–Crippen MR) is 69.5 cm³/mol. The number of nitrogens with one attached hydrogen (secondary N) is 1. The average Bonchev–Trinajstić information content (AvgIpc) is 2.19. The van der Waals surface area contributed by atoms with Gasteiger partial charge in [0.2, 0.25) is 0 Å². The third-order valence-electron chi connectivity index (χ3n) is 1.81. The fraction of sp³-hybridized carbons (Fsp3) is 0.364. The van der Waals surface area contributed by atoms with Gasteiger partial charge in [0.15, 0.2) is 5.96 Å². The number of hydrogen-bond acceptors (Lipinski definition) is 2. The lowest BCUT2D eigenvalue weighted by Gasteiger charge is -2.08. The minimum absolute atomic E-state index is 0.246. The number of nitrogens with zero attached hydrogens (tertiary/aromatic N) is 1. The van der Waals surface area contributed by atoms with Crippen LogP contribution in [0, 0.1) is 0 Å². The first-order chi connectivity index (χ1) is 7.22. The van der Waals surface area contributed by atoms with E-state index < -0.39 is 0 Å². The van der Waals surface area contributed by atoms with Gasteiger partial charge in [0.1, 0.15) is 0 Å². The van der Waals surface area contributed by atoms with Crippen LogP contribution >= 0.6 is 11.8 Å². The number of nitrogens with two attached hydrogens (primary N) is 1. The normalized spacial score (nSPS) is 13.6. The van der Waals surface area contributed by atoms with Gasteiger partial charge in [-0.15, -0.1) is 0 Å². The molecule has 1 unspecified atom stereocenters. The zero-order chi connectivity index (χ0) is 11.1. The van der Waals surface area contributed by atoms with E-state index in [-0.39, 0.29) is 6.04 Å². The van der Waals surface area contributed by atoms with E-state index in [0.29, 0.717) is 5.96 Å². The van der Waals surface area contributed by atoms with Gasteiger partial charge in [0, 0.05) is 11.4 Å². The first kappa shape index (κ1) is 11.9. The van der Waals surface area contributed by atoms with Crippen LogP contribution in [-0.2, 0) is 0 Å². The minimum atomic E-state index is 0.246. The van der Waals surface area contributed by atoms with Gasteiger partial charge in [-0.25, -0.2) is 4.99 Å². The Morgan fingerprint density at radius 2 is 2.13 bits per heavy atom. The van der Waals surface area contributed by atoms with Crippen LogP contribution in [0.5, 0.6) is 0 Å². The SMILES string of the molecule is CSCC(C)N=C(N)Nc1ccccc1. The monoisotopic (exact) mass is 223 g/mol. The van der Waals surface area contributed by atoms with Crippen LogP contribution in [0.15, 0.2) is 35.3 Å². The number of aliphatic imine (C=N–C) groups is 1. The molecule has 1 rings (SSSR count). The van der Waals surface area contributed by atoms with Crippen molar-refractivity contribution in [3.05, 3.63) is 30.3 Å². The van der Waals surface area contributed by atoms with E-state index in [1.807, 2.05) is 30.3 Å². The Bertz CT molecular complexity index is 311. The zero-order valence-electron chi connectivity index (χ0n) is 9.10. The smallest absolute Gasteiger partial charge is 0.193 e. The van der Waals surface area contributed by atoms with Gasteiger partial charge in [-0.2, -0.15) is 11.8 Å². The third-order valence-corrected chi connectivity index (χ3v) is 2.63. The summed E-state index contributed by atoms with van der Waals surface area (Å²) in [5.74, 6) is 1.46. The van der Waals surface area contributed by atoms with Crippen LogP contribution in [0.4, 0.5) is 5.69 Å². The molecule has 1 aromatic carbocycles. The topological polar surface area (TPSA) is 50.4 Å². The van der Waals surface area contributed by atoms with Crippen LogP contribution in [-0.4, -0.2) is 24.0 Å². The quantitative estimate of drug-likeness (QED) is 0.607. The summed E-state index contributed by atoms with van der Waals surface area (Å²) >= 11 is 1.77. The molecule has 0 saturated carbocycles. The van der Waals surface area contributed by atoms with Crippen LogP contribution in [0.1, 0.15) is 6.92 Å². The molecule has 0 aliphatic rings. The van der Waals surface area contributed by atoms with Gasteiger partial charge >= 0.3 is 0 Å². The maximum Gasteiger partial charge on any atom is 0.193 e. The molecular weight excluding hydrogens is 206 g/mol. The van der Waals surface area contributed by atoms with Crippen molar-refractivity contribution in [3.63, 3.8) is 0 Å². The molecule has 3 nitrogen and oxygen atoms in total. The van der Waals surface area contributed by atoms with Crippen molar-refractivity contribution in [3.8, 4) is 0 Å².